The molecular weight excluding hydrogens is 413 g/mol. The number of rotatable bonds is 5. The minimum atomic E-state index is -1.43. The van der Waals surface area contributed by atoms with Crippen LogP contribution in [-0.4, -0.2) is 34.9 Å². The van der Waals surface area contributed by atoms with Gasteiger partial charge in [-0.2, -0.15) is 0 Å². The summed E-state index contributed by atoms with van der Waals surface area (Å²) in [6, 6.07) is 6.23. The van der Waals surface area contributed by atoms with Gasteiger partial charge in [0.15, 0.2) is 0 Å². The number of amides is 1. The third-order valence-corrected chi connectivity index (χ3v) is 9.61. The van der Waals surface area contributed by atoms with E-state index in [-0.39, 0.29) is 11.3 Å². The van der Waals surface area contributed by atoms with Gasteiger partial charge in [0.2, 0.25) is 5.91 Å². The lowest BCUT2D eigenvalue weighted by atomic mass is 9.53. The van der Waals surface area contributed by atoms with Crippen molar-refractivity contribution in [3.05, 3.63) is 29.3 Å². The molecule has 178 valence electrons. The van der Waals surface area contributed by atoms with Crippen molar-refractivity contribution in [1.82, 2.24) is 5.32 Å². The number of aryl methyl sites for hydroxylation is 1. The van der Waals surface area contributed by atoms with Gasteiger partial charge in [-0.15, -0.1) is 0 Å². The summed E-state index contributed by atoms with van der Waals surface area (Å²) in [5, 5.41) is 22.4. The Bertz CT molecular complexity index is 911. The van der Waals surface area contributed by atoms with Crippen LogP contribution in [0.15, 0.2) is 18.2 Å². The highest BCUT2D eigenvalue weighted by molar-refractivity contribution is 6.58. The van der Waals surface area contributed by atoms with Crippen LogP contribution in [0.5, 0.6) is 0 Å². The molecule has 1 aromatic carbocycles. The number of nitrogens with one attached hydrogen (secondary N) is 1. The number of benzene rings is 1. The van der Waals surface area contributed by atoms with Crippen molar-refractivity contribution in [3.63, 3.8) is 0 Å². The van der Waals surface area contributed by atoms with E-state index in [0.29, 0.717) is 53.8 Å². The van der Waals surface area contributed by atoms with Crippen molar-refractivity contribution in [2.24, 2.45) is 23.2 Å². The van der Waals surface area contributed by atoms with Gasteiger partial charge in [0.1, 0.15) is 5.78 Å². The fourth-order valence-electron chi connectivity index (χ4n) is 7.95. The van der Waals surface area contributed by atoms with Crippen LogP contribution in [0.3, 0.4) is 0 Å². The Morgan fingerprint density at radius 2 is 1.94 bits per heavy atom. The van der Waals surface area contributed by atoms with Crippen molar-refractivity contribution in [1.29, 1.82) is 0 Å². The molecule has 0 radical (unpaired) electrons. The van der Waals surface area contributed by atoms with Crippen LogP contribution in [0.4, 0.5) is 0 Å². The molecule has 1 aromatic rings. The first-order valence-electron chi connectivity index (χ1n) is 13.2. The molecule has 0 heterocycles. The minimum absolute atomic E-state index is 0.166. The number of carbonyl (C=O) groups excluding carboxylic acids is 2. The number of ketones is 1. The normalized spacial score (nSPS) is 33.7. The summed E-state index contributed by atoms with van der Waals surface area (Å²) in [6.07, 6.45) is 11.8. The van der Waals surface area contributed by atoms with Gasteiger partial charge in [-0.05, 0) is 85.2 Å². The lowest BCUT2D eigenvalue weighted by Gasteiger charge is -2.50. The van der Waals surface area contributed by atoms with E-state index in [2.05, 4.69) is 18.3 Å². The highest BCUT2D eigenvalue weighted by Gasteiger charge is 2.58. The zero-order valence-electron chi connectivity index (χ0n) is 19.9. The Kier molecular flexibility index (Phi) is 6.43. The zero-order valence-corrected chi connectivity index (χ0v) is 19.9. The van der Waals surface area contributed by atoms with Crippen LogP contribution < -0.4 is 10.8 Å². The molecule has 3 saturated carbocycles. The molecule has 5 rings (SSSR count). The molecule has 1 amide bonds. The van der Waals surface area contributed by atoms with Crippen molar-refractivity contribution in [3.8, 4) is 0 Å². The fourth-order valence-corrected chi connectivity index (χ4v) is 7.95. The van der Waals surface area contributed by atoms with Gasteiger partial charge in [0.05, 0.1) is 0 Å². The average Bonchev–Trinajstić information content (AvgIpc) is 3.07. The Labute approximate surface area is 197 Å². The molecule has 0 aromatic heterocycles. The van der Waals surface area contributed by atoms with E-state index in [1.807, 2.05) is 12.1 Å². The number of hydrogen-bond acceptors (Lipinski definition) is 4. The summed E-state index contributed by atoms with van der Waals surface area (Å²) >= 11 is 0. The van der Waals surface area contributed by atoms with E-state index in [0.717, 1.165) is 44.9 Å². The number of carbonyl (C=O) groups is 2. The smallest absolute Gasteiger partial charge is 0.423 e. The molecule has 0 bridgehead atoms. The van der Waals surface area contributed by atoms with Gasteiger partial charge >= 0.3 is 7.12 Å². The second-order valence-corrected chi connectivity index (χ2v) is 11.5. The van der Waals surface area contributed by atoms with Gasteiger partial charge in [-0.1, -0.05) is 44.4 Å². The van der Waals surface area contributed by atoms with Gasteiger partial charge < -0.3 is 15.4 Å². The van der Waals surface area contributed by atoms with E-state index in [1.54, 1.807) is 0 Å². The van der Waals surface area contributed by atoms with Gasteiger partial charge in [0, 0.05) is 24.3 Å². The third-order valence-electron chi connectivity index (χ3n) is 9.61. The third kappa shape index (κ3) is 4.29. The van der Waals surface area contributed by atoms with Crippen LogP contribution in [0.1, 0.15) is 94.6 Å². The second-order valence-electron chi connectivity index (χ2n) is 11.5. The van der Waals surface area contributed by atoms with Crippen LogP contribution in [0.2, 0.25) is 0 Å². The van der Waals surface area contributed by atoms with Crippen LogP contribution in [-0.2, 0) is 16.0 Å². The molecule has 33 heavy (non-hydrogen) atoms. The van der Waals surface area contributed by atoms with Crippen molar-refractivity contribution in [2.75, 3.05) is 0 Å². The predicted molar refractivity (Wildman–Crippen MR) is 129 cm³/mol. The molecule has 6 heteroatoms. The molecule has 3 N–H and O–H groups in total. The molecule has 5 nitrogen and oxygen atoms in total. The average molecular weight is 451 g/mol. The number of fused-ring (bicyclic) bond motifs is 5. The Morgan fingerprint density at radius 3 is 2.70 bits per heavy atom. The standard InChI is InChI=1S/C27H38BNO4/c1-27-14-13-22-21-11-9-19(28(32)33)15-17(21)7-10-23(22)26(27)18(16-24(27)30)8-12-25(31)29-20-5-3-2-4-6-20/h9,11,15,18,20,22-23,26,32-33H,2-8,10,12-14,16H2,1H3,(H,29,31)/t18-,22-,23-,26+,27-/m1/s1. The first kappa shape index (κ1) is 23.1. The maximum atomic E-state index is 13.2. The van der Waals surface area contributed by atoms with E-state index >= 15 is 0 Å². The van der Waals surface area contributed by atoms with Crippen molar-refractivity contribution in [2.45, 2.75) is 95.9 Å². The quantitative estimate of drug-likeness (QED) is 0.600. The Hall–Kier alpha value is -1.66. The lowest BCUT2D eigenvalue weighted by Crippen LogP contribution is -2.44. The number of Topliss-reactive ketones (excluding diaryl/α,β-unsaturated/α-hetero) is 1. The minimum Gasteiger partial charge on any atom is -0.423 e. The van der Waals surface area contributed by atoms with Gasteiger partial charge in [0.25, 0.3) is 0 Å². The molecule has 0 aliphatic heterocycles. The monoisotopic (exact) mass is 451 g/mol. The summed E-state index contributed by atoms with van der Waals surface area (Å²) in [4.78, 5) is 25.9. The summed E-state index contributed by atoms with van der Waals surface area (Å²) in [5.74, 6) is 2.13. The second kappa shape index (κ2) is 9.18. The summed E-state index contributed by atoms with van der Waals surface area (Å²) < 4.78 is 0. The maximum absolute atomic E-state index is 13.2. The van der Waals surface area contributed by atoms with E-state index in [4.69, 9.17) is 0 Å². The molecule has 5 atom stereocenters. The molecule has 3 fully saturated rings. The highest BCUT2D eigenvalue weighted by Crippen LogP contribution is 2.62. The number of hydrogen-bond donors (Lipinski definition) is 3. The molecule has 0 unspecified atom stereocenters. The zero-order chi connectivity index (χ0) is 23.2. The van der Waals surface area contributed by atoms with Crippen LogP contribution >= 0.6 is 0 Å². The van der Waals surface area contributed by atoms with Crippen LogP contribution in [0.25, 0.3) is 0 Å². The van der Waals surface area contributed by atoms with Crippen LogP contribution in [0, 0.1) is 23.2 Å². The van der Waals surface area contributed by atoms with Crippen molar-refractivity contribution >= 4 is 24.3 Å². The van der Waals surface area contributed by atoms with Crippen molar-refractivity contribution < 1.29 is 19.6 Å². The Morgan fingerprint density at radius 1 is 1.15 bits per heavy atom. The first-order chi connectivity index (χ1) is 15.9. The molecule has 0 saturated heterocycles. The Balaban J connectivity index is 1.30. The maximum Gasteiger partial charge on any atom is 0.488 e. The molecule has 4 aliphatic carbocycles. The summed E-state index contributed by atoms with van der Waals surface area (Å²) in [7, 11) is -1.43. The first-order valence-corrected chi connectivity index (χ1v) is 13.2. The van der Waals surface area contributed by atoms with Gasteiger partial charge in [-0.3, -0.25) is 9.59 Å². The van der Waals surface area contributed by atoms with E-state index < -0.39 is 7.12 Å². The molecular formula is C27H38BNO4. The largest absolute Gasteiger partial charge is 0.488 e. The van der Waals surface area contributed by atoms with E-state index in [1.165, 1.54) is 30.4 Å². The highest BCUT2D eigenvalue weighted by atomic mass is 16.4. The summed E-state index contributed by atoms with van der Waals surface area (Å²) in [5.41, 5.74) is 2.89. The summed E-state index contributed by atoms with van der Waals surface area (Å²) in [6.45, 7) is 2.19. The lowest BCUT2D eigenvalue weighted by molar-refractivity contribution is -0.129. The fraction of sp³-hybridized carbons (Fsp3) is 0.704. The topological polar surface area (TPSA) is 86.6 Å². The van der Waals surface area contributed by atoms with E-state index in [9.17, 15) is 19.6 Å². The van der Waals surface area contributed by atoms with Gasteiger partial charge in [-0.25, -0.2) is 0 Å². The predicted octanol–water partition coefficient (Wildman–Crippen LogP) is 3.25. The SMILES string of the molecule is C[C@]12CC[C@@H]3c4ccc(B(O)O)cc4CC[C@H]3[C@@H]1[C@H](CCC(=O)NC1CCCCC1)CC2=O. The molecule has 4 aliphatic rings. The molecule has 0 spiro atoms.